The number of rotatable bonds is 6. The average Bonchev–Trinajstić information content (AvgIpc) is 3.42. The largest absolute Gasteiger partial charge is 0.378 e. The fourth-order valence-electron chi connectivity index (χ4n) is 5.59. The third-order valence-corrected chi connectivity index (χ3v) is 7.77. The van der Waals surface area contributed by atoms with E-state index in [4.69, 9.17) is 4.74 Å². The molecule has 0 saturated carbocycles. The Morgan fingerprint density at radius 3 is 2.52 bits per heavy atom. The standard InChI is InChI=1S/C29H34FN5O5/c1-17-23(15-21-20-14-19(30)6-7-22(20)32-27(21)37)31-18(2)26(17)28(38)33-24(29(39)35-10-12-40-13-11-35)16-25(36)34-8-4-3-5-9-34/h6-7,14-15,24,31H,3-5,8-13,16H2,1-2H3,(H,32,37)(H,33,38)/b21-15-/t24-/m0/s1. The van der Waals surface area contributed by atoms with Crippen molar-refractivity contribution in [3.63, 3.8) is 0 Å². The Bertz CT molecular complexity index is 1370. The Balaban J connectivity index is 1.39. The summed E-state index contributed by atoms with van der Waals surface area (Å²) in [7, 11) is 0. The van der Waals surface area contributed by atoms with E-state index in [-0.39, 0.29) is 29.7 Å². The molecule has 0 radical (unpaired) electrons. The van der Waals surface area contributed by atoms with Gasteiger partial charge in [-0.15, -0.1) is 0 Å². The van der Waals surface area contributed by atoms with Crippen LogP contribution in [0.5, 0.6) is 0 Å². The minimum absolute atomic E-state index is 0.121. The van der Waals surface area contributed by atoms with E-state index >= 15 is 0 Å². The third kappa shape index (κ3) is 5.65. The molecular formula is C29H34FN5O5. The van der Waals surface area contributed by atoms with Gasteiger partial charge in [0.25, 0.3) is 11.8 Å². The third-order valence-electron chi connectivity index (χ3n) is 7.77. The van der Waals surface area contributed by atoms with Crippen molar-refractivity contribution >= 4 is 41.0 Å². The summed E-state index contributed by atoms with van der Waals surface area (Å²) in [6.07, 6.45) is 4.40. The maximum atomic E-state index is 13.9. The van der Waals surface area contributed by atoms with E-state index in [0.717, 1.165) is 19.3 Å². The summed E-state index contributed by atoms with van der Waals surface area (Å²) in [5.74, 6) is -1.79. The number of piperidine rings is 1. The maximum absolute atomic E-state index is 13.9. The Morgan fingerprint density at radius 2 is 1.80 bits per heavy atom. The number of aromatic amines is 1. The lowest BCUT2D eigenvalue weighted by Crippen LogP contribution is -2.53. The molecule has 1 atom stereocenters. The van der Waals surface area contributed by atoms with Crippen LogP contribution in [0.25, 0.3) is 11.6 Å². The van der Waals surface area contributed by atoms with Gasteiger partial charge < -0.3 is 30.2 Å². The first-order chi connectivity index (χ1) is 19.2. The number of carbonyl (C=O) groups is 4. The number of anilines is 1. The van der Waals surface area contributed by atoms with Crippen molar-refractivity contribution in [3.05, 3.63) is 52.1 Å². The molecule has 0 bridgehead atoms. The number of amides is 4. The summed E-state index contributed by atoms with van der Waals surface area (Å²) in [6, 6.07) is 3.05. The van der Waals surface area contributed by atoms with Gasteiger partial charge in [-0.25, -0.2) is 4.39 Å². The van der Waals surface area contributed by atoms with Crippen LogP contribution in [-0.4, -0.2) is 83.8 Å². The van der Waals surface area contributed by atoms with Gasteiger partial charge in [-0.2, -0.15) is 0 Å². The summed E-state index contributed by atoms with van der Waals surface area (Å²) in [5.41, 5.74) is 3.19. The van der Waals surface area contributed by atoms with E-state index in [9.17, 15) is 23.6 Å². The molecule has 212 valence electrons. The number of benzene rings is 1. The van der Waals surface area contributed by atoms with Crippen molar-refractivity contribution in [2.24, 2.45) is 0 Å². The summed E-state index contributed by atoms with van der Waals surface area (Å²) in [4.78, 5) is 59.3. The molecule has 10 nitrogen and oxygen atoms in total. The number of carbonyl (C=O) groups excluding carboxylic acids is 4. The van der Waals surface area contributed by atoms with Crippen LogP contribution in [0.1, 0.15) is 58.6 Å². The lowest BCUT2D eigenvalue weighted by Gasteiger charge is -2.32. The number of hydrogen-bond donors (Lipinski definition) is 3. The molecule has 2 aromatic rings. The monoisotopic (exact) mass is 551 g/mol. The predicted molar refractivity (Wildman–Crippen MR) is 147 cm³/mol. The number of halogens is 1. The van der Waals surface area contributed by atoms with Crippen molar-refractivity contribution < 1.29 is 28.3 Å². The number of hydrogen-bond acceptors (Lipinski definition) is 5. The Hall–Kier alpha value is -3.99. The predicted octanol–water partition coefficient (Wildman–Crippen LogP) is 2.62. The van der Waals surface area contributed by atoms with Crippen LogP contribution >= 0.6 is 0 Å². The number of nitrogens with one attached hydrogen (secondary N) is 3. The zero-order valence-corrected chi connectivity index (χ0v) is 22.8. The van der Waals surface area contributed by atoms with Gasteiger partial charge in [0.15, 0.2) is 0 Å². The summed E-state index contributed by atoms with van der Waals surface area (Å²) in [6.45, 7) is 6.37. The van der Waals surface area contributed by atoms with Gasteiger partial charge in [-0.1, -0.05) is 0 Å². The molecule has 40 heavy (non-hydrogen) atoms. The molecule has 4 amide bonds. The second-order valence-corrected chi connectivity index (χ2v) is 10.5. The minimum Gasteiger partial charge on any atom is -0.378 e. The van der Waals surface area contributed by atoms with Crippen molar-refractivity contribution in [2.75, 3.05) is 44.7 Å². The van der Waals surface area contributed by atoms with Gasteiger partial charge in [-0.05, 0) is 62.9 Å². The zero-order valence-electron chi connectivity index (χ0n) is 22.8. The number of aromatic nitrogens is 1. The van der Waals surface area contributed by atoms with Gasteiger partial charge in [0, 0.05) is 48.8 Å². The van der Waals surface area contributed by atoms with Crippen molar-refractivity contribution in [2.45, 2.75) is 45.6 Å². The van der Waals surface area contributed by atoms with Crippen LogP contribution in [0.2, 0.25) is 0 Å². The van der Waals surface area contributed by atoms with Crippen LogP contribution < -0.4 is 10.6 Å². The maximum Gasteiger partial charge on any atom is 0.256 e. The van der Waals surface area contributed by atoms with Crippen LogP contribution in [0.15, 0.2) is 18.2 Å². The van der Waals surface area contributed by atoms with Crippen LogP contribution in [-0.2, 0) is 19.1 Å². The van der Waals surface area contributed by atoms with Gasteiger partial charge in [-0.3, -0.25) is 19.2 Å². The second-order valence-electron chi connectivity index (χ2n) is 10.5. The lowest BCUT2D eigenvalue weighted by molar-refractivity contribution is -0.141. The zero-order chi connectivity index (χ0) is 28.4. The molecule has 0 aliphatic carbocycles. The van der Waals surface area contributed by atoms with Crippen LogP contribution in [0, 0.1) is 19.7 Å². The molecule has 11 heteroatoms. The van der Waals surface area contributed by atoms with E-state index in [1.807, 2.05) is 0 Å². The highest BCUT2D eigenvalue weighted by atomic mass is 19.1. The van der Waals surface area contributed by atoms with Crippen molar-refractivity contribution in [1.82, 2.24) is 20.1 Å². The summed E-state index contributed by atoms with van der Waals surface area (Å²) < 4.78 is 19.3. The number of ether oxygens (including phenoxy) is 1. The topological polar surface area (TPSA) is 124 Å². The first-order valence-corrected chi connectivity index (χ1v) is 13.7. The molecule has 4 heterocycles. The van der Waals surface area contributed by atoms with Crippen molar-refractivity contribution in [1.29, 1.82) is 0 Å². The quantitative estimate of drug-likeness (QED) is 0.477. The van der Waals surface area contributed by atoms with Gasteiger partial charge in [0.1, 0.15) is 11.9 Å². The number of fused-ring (bicyclic) bond motifs is 1. The first-order valence-electron chi connectivity index (χ1n) is 13.7. The van der Waals surface area contributed by atoms with E-state index in [0.29, 0.717) is 73.2 Å². The van der Waals surface area contributed by atoms with E-state index < -0.39 is 17.8 Å². The number of morpholine rings is 1. The molecule has 1 aromatic heterocycles. The van der Waals surface area contributed by atoms with E-state index in [1.54, 1.807) is 29.7 Å². The van der Waals surface area contributed by atoms with E-state index in [1.165, 1.54) is 18.2 Å². The molecule has 3 N–H and O–H groups in total. The number of aryl methyl sites for hydroxylation is 1. The molecular weight excluding hydrogens is 517 g/mol. The van der Waals surface area contributed by atoms with Gasteiger partial charge in [0.05, 0.1) is 30.8 Å². The normalized spacial score (nSPS) is 18.9. The Kier molecular flexibility index (Phi) is 8.02. The highest BCUT2D eigenvalue weighted by molar-refractivity contribution is 6.35. The number of H-pyrrole nitrogens is 1. The number of likely N-dealkylation sites (tertiary alicyclic amines) is 1. The highest BCUT2D eigenvalue weighted by Gasteiger charge is 2.33. The van der Waals surface area contributed by atoms with Gasteiger partial charge >= 0.3 is 0 Å². The minimum atomic E-state index is -1.02. The lowest BCUT2D eigenvalue weighted by atomic mass is 10.0. The molecule has 3 aliphatic heterocycles. The Morgan fingerprint density at radius 1 is 1.07 bits per heavy atom. The second kappa shape index (κ2) is 11.6. The van der Waals surface area contributed by atoms with Crippen LogP contribution in [0.4, 0.5) is 10.1 Å². The fraction of sp³-hybridized carbons (Fsp3) is 0.448. The Labute approximate surface area is 231 Å². The van der Waals surface area contributed by atoms with Gasteiger partial charge in [0.2, 0.25) is 11.8 Å². The number of nitrogens with zero attached hydrogens (tertiary/aromatic N) is 2. The molecule has 1 aromatic carbocycles. The molecule has 3 aliphatic rings. The molecule has 0 spiro atoms. The SMILES string of the molecule is Cc1[nH]c(/C=C2\C(=O)Nc3ccc(F)cc32)c(C)c1C(=O)N[C@@H](CC(=O)N1CCCCC1)C(=O)N1CCOCC1. The van der Waals surface area contributed by atoms with Crippen molar-refractivity contribution in [3.8, 4) is 0 Å². The average molecular weight is 552 g/mol. The first kappa shape index (κ1) is 27.6. The fourth-order valence-corrected chi connectivity index (χ4v) is 5.59. The van der Waals surface area contributed by atoms with Crippen LogP contribution in [0.3, 0.4) is 0 Å². The van der Waals surface area contributed by atoms with E-state index in [2.05, 4.69) is 15.6 Å². The summed E-state index contributed by atoms with van der Waals surface area (Å²) in [5, 5.41) is 5.55. The highest BCUT2D eigenvalue weighted by Crippen LogP contribution is 2.34. The summed E-state index contributed by atoms with van der Waals surface area (Å²) >= 11 is 0. The molecule has 2 saturated heterocycles. The molecule has 2 fully saturated rings. The molecule has 5 rings (SSSR count). The molecule has 0 unspecified atom stereocenters. The smallest absolute Gasteiger partial charge is 0.256 e.